The van der Waals surface area contributed by atoms with Gasteiger partial charge < -0.3 is 4.74 Å². The first kappa shape index (κ1) is 20.5. The van der Waals surface area contributed by atoms with Gasteiger partial charge in [-0.25, -0.2) is 9.78 Å². The summed E-state index contributed by atoms with van der Waals surface area (Å²) in [6, 6.07) is 9.61. The Morgan fingerprint density at radius 3 is 2.45 bits per heavy atom. The Hall–Kier alpha value is -3.28. The number of ether oxygens (including phenoxy) is 1. The van der Waals surface area contributed by atoms with E-state index in [2.05, 4.69) is 15.3 Å². The van der Waals surface area contributed by atoms with Gasteiger partial charge in [0, 0.05) is 29.8 Å². The highest BCUT2D eigenvalue weighted by atomic mass is 16.6. The molecule has 2 heterocycles. The van der Waals surface area contributed by atoms with Crippen molar-refractivity contribution in [3.05, 3.63) is 54.0 Å². The molecule has 0 spiro atoms. The zero-order valence-electron chi connectivity index (χ0n) is 17.4. The molecule has 6 nitrogen and oxygen atoms in total. The second-order valence-electron chi connectivity index (χ2n) is 7.92. The van der Waals surface area contributed by atoms with Crippen LogP contribution in [0.5, 0.6) is 0 Å². The van der Waals surface area contributed by atoms with E-state index in [0.29, 0.717) is 17.9 Å². The summed E-state index contributed by atoms with van der Waals surface area (Å²) in [5, 5.41) is 4.53. The molecule has 0 fully saturated rings. The SMILES string of the molecule is CCC(=O)c1cc(C)c(-c2ccc3cc(NC(=O)OC(C)(C)C)ncc3c2)cn1. The zero-order valence-corrected chi connectivity index (χ0v) is 17.4. The Morgan fingerprint density at radius 2 is 1.79 bits per heavy atom. The topological polar surface area (TPSA) is 81.2 Å². The molecule has 6 heteroatoms. The normalized spacial score (nSPS) is 11.3. The summed E-state index contributed by atoms with van der Waals surface area (Å²) in [5.74, 6) is 0.465. The van der Waals surface area contributed by atoms with Crippen LogP contribution in [0.4, 0.5) is 10.6 Å². The van der Waals surface area contributed by atoms with Crippen LogP contribution in [0.3, 0.4) is 0 Å². The molecule has 0 aliphatic rings. The first-order chi connectivity index (χ1) is 13.7. The second-order valence-corrected chi connectivity index (χ2v) is 7.92. The molecule has 0 unspecified atom stereocenters. The predicted octanol–water partition coefficient (Wildman–Crippen LogP) is 5.54. The minimum absolute atomic E-state index is 0.0346. The molecule has 1 N–H and O–H groups in total. The Morgan fingerprint density at radius 1 is 1.03 bits per heavy atom. The fourth-order valence-electron chi connectivity index (χ4n) is 2.98. The monoisotopic (exact) mass is 391 g/mol. The molecule has 3 rings (SSSR count). The number of Topliss-reactive ketones (excluding diaryl/α,β-unsaturated/α-hetero) is 1. The largest absolute Gasteiger partial charge is 0.444 e. The van der Waals surface area contributed by atoms with Gasteiger partial charge in [-0.05, 0) is 62.4 Å². The summed E-state index contributed by atoms with van der Waals surface area (Å²) >= 11 is 0. The van der Waals surface area contributed by atoms with Gasteiger partial charge in [-0.1, -0.05) is 19.1 Å². The molecule has 150 valence electrons. The maximum absolute atomic E-state index is 11.9. The predicted molar refractivity (Wildman–Crippen MR) is 114 cm³/mol. The van der Waals surface area contributed by atoms with Crippen LogP contribution in [-0.2, 0) is 4.74 Å². The number of carbonyl (C=O) groups excluding carboxylic acids is 2. The van der Waals surface area contributed by atoms with Crippen molar-refractivity contribution < 1.29 is 14.3 Å². The Labute approximate surface area is 170 Å². The Kier molecular flexibility index (Phi) is 5.64. The molecular formula is C23H25N3O3. The van der Waals surface area contributed by atoms with Gasteiger partial charge in [0.1, 0.15) is 17.1 Å². The van der Waals surface area contributed by atoms with Gasteiger partial charge in [0.2, 0.25) is 0 Å². The number of amides is 1. The maximum atomic E-state index is 11.9. The first-order valence-electron chi connectivity index (χ1n) is 9.56. The number of aromatic nitrogens is 2. The highest BCUT2D eigenvalue weighted by molar-refractivity contribution is 5.95. The number of carbonyl (C=O) groups is 2. The van der Waals surface area contributed by atoms with Crippen LogP contribution in [-0.4, -0.2) is 27.4 Å². The van der Waals surface area contributed by atoms with E-state index in [4.69, 9.17) is 4.74 Å². The maximum Gasteiger partial charge on any atom is 0.413 e. The smallest absolute Gasteiger partial charge is 0.413 e. The van der Waals surface area contributed by atoms with Gasteiger partial charge in [-0.15, -0.1) is 0 Å². The molecule has 0 saturated carbocycles. The summed E-state index contributed by atoms with van der Waals surface area (Å²) in [4.78, 5) is 32.4. The number of ketones is 1. The molecule has 1 aromatic carbocycles. The van der Waals surface area contributed by atoms with Crippen LogP contribution in [0.2, 0.25) is 0 Å². The van der Waals surface area contributed by atoms with Crippen molar-refractivity contribution in [2.24, 2.45) is 0 Å². The van der Waals surface area contributed by atoms with Crippen molar-refractivity contribution in [3.8, 4) is 11.1 Å². The second kappa shape index (κ2) is 7.99. The first-order valence-corrected chi connectivity index (χ1v) is 9.56. The van der Waals surface area contributed by atoms with E-state index >= 15 is 0 Å². The summed E-state index contributed by atoms with van der Waals surface area (Å²) in [6.45, 7) is 9.23. The van der Waals surface area contributed by atoms with Gasteiger partial charge in [0.15, 0.2) is 5.78 Å². The van der Waals surface area contributed by atoms with Crippen molar-refractivity contribution in [2.75, 3.05) is 5.32 Å². The van der Waals surface area contributed by atoms with Gasteiger partial charge in [-0.2, -0.15) is 0 Å². The number of anilines is 1. The minimum Gasteiger partial charge on any atom is -0.444 e. The number of pyridine rings is 2. The van der Waals surface area contributed by atoms with Crippen LogP contribution >= 0.6 is 0 Å². The quantitative estimate of drug-likeness (QED) is 0.590. The van der Waals surface area contributed by atoms with Crippen LogP contribution in [0.15, 0.2) is 42.7 Å². The molecule has 0 aliphatic carbocycles. The third-order valence-electron chi connectivity index (χ3n) is 4.38. The fourth-order valence-corrected chi connectivity index (χ4v) is 2.98. The summed E-state index contributed by atoms with van der Waals surface area (Å²) in [5.41, 5.74) is 2.88. The molecule has 0 bridgehead atoms. The van der Waals surface area contributed by atoms with Crippen molar-refractivity contribution >= 4 is 28.5 Å². The van der Waals surface area contributed by atoms with Crippen LogP contribution in [0.25, 0.3) is 21.9 Å². The summed E-state index contributed by atoms with van der Waals surface area (Å²) < 4.78 is 5.26. The number of nitrogens with one attached hydrogen (secondary N) is 1. The number of fused-ring (bicyclic) bond motifs is 1. The van der Waals surface area contributed by atoms with Crippen LogP contribution in [0.1, 0.15) is 50.2 Å². The van der Waals surface area contributed by atoms with E-state index in [0.717, 1.165) is 27.5 Å². The highest BCUT2D eigenvalue weighted by Crippen LogP contribution is 2.28. The summed E-state index contributed by atoms with van der Waals surface area (Å²) in [6.07, 6.45) is 3.35. The third kappa shape index (κ3) is 4.96. The van der Waals surface area contributed by atoms with Gasteiger partial charge in [0.05, 0.1) is 0 Å². The van der Waals surface area contributed by atoms with Crippen molar-refractivity contribution in [1.29, 1.82) is 0 Å². The van der Waals surface area contributed by atoms with Crippen LogP contribution < -0.4 is 5.32 Å². The average Bonchev–Trinajstić information content (AvgIpc) is 2.65. The Bertz CT molecular complexity index is 1080. The lowest BCUT2D eigenvalue weighted by Crippen LogP contribution is -2.27. The molecule has 3 aromatic rings. The highest BCUT2D eigenvalue weighted by Gasteiger charge is 2.16. The van der Waals surface area contributed by atoms with Crippen molar-refractivity contribution in [3.63, 3.8) is 0 Å². The average molecular weight is 391 g/mol. The van der Waals surface area contributed by atoms with Gasteiger partial charge >= 0.3 is 6.09 Å². The van der Waals surface area contributed by atoms with E-state index in [9.17, 15) is 9.59 Å². The number of rotatable bonds is 4. The van der Waals surface area contributed by atoms with E-state index in [-0.39, 0.29) is 5.78 Å². The number of benzene rings is 1. The molecule has 29 heavy (non-hydrogen) atoms. The lowest BCUT2D eigenvalue weighted by Gasteiger charge is -2.19. The van der Waals surface area contributed by atoms with Gasteiger partial charge in [0.25, 0.3) is 0 Å². The standard InChI is InChI=1S/C23H25N3O3/c1-6-20(27)19-9-14(2)18(13-24-19)16-8-7-15-11-21(25-12-17(15)10-16)26-22(28)29-23(3,4)5/h7-13H,6H2,1-5H3,(H,25,26,28). The van der Waals surface area contributed by atoms with Crippen molar-refractivity contribution in [1.82, 2.24) is 9.97 Å². The van der Waals surface area contributed by atoms with Crippen LogP contribution in [0, 0.1) is 6.92 Å². The summed E-state index contributed by atoms with van der Waals surface area (Å²) in [7, 11) is 0. The molecular weight excluding hydrogens is 366 g/mol. The minimum atomic E-state index is -0.570. The molecule has 1 amide bonds. The lowest BCUT2D eigenvalue weighted by molar-refractivity contribution is 0.0635. The molecule has 0 radical (unpaired) electrons. The van der Waals surface area contributed by atoms with Crippen molar-refractivity contribution in [2.45, 2.75) is 46.6 Å². The van der Waals surface area contributed by atoms with E-state index in [1.807, 2.05) is 58.9 Å². The van der Waals surface area contributed by atoms with E-state index in [1.54, 1.807) is 18.5 Å². The van der Waals surface area contributed by atoms with E-state index < -0.39 is 11.7 Å². The molecule has 0 aliphatic heterocycles. The molecule has 0 atom stereocenters. The Balaban J connectivity index is 1.86. The van der Waals surface area contributed by atoms with Gasteiger partial charge in [-0.3, -0.25) is 15.1 Å². The third-order valence-corrected chi connectivity index (χ3v) is 4.38. The number of aryl methyl sites for hydroxylation is 1. The fraction of sp³-hybridized carbons (Fsp3) is 0.304. The molecule has 0 saturated heterocycles. The van der Waals surface area contributed by atoms with E-state index in [1.165, 1.54) is 0 Å². The lowest BCUT2D eigenvalue weighted by atomic mass is 9.99. The number of hydrogen-bond donors (Lipinski definition) is 1. The zero-order chi connectivity index (χ0) is 21.2. The molecule has 2 aromatic heterocycles. The number of hydrogen-bond acceptors (Lipinski definition) is 5. The number of nitrogens with zero attached hydrogens (tertiary/aromatic N) is 2.